The van der Waals surface area contributed by atoms with Gasteiger partial charge >= 0.3 is 0 Å². The fourth-order valence-electron chi connectivity index (χ4n) is 2.09. The maximum atomic E-state index is 10.3. The second-order valence-electron chi connectivity index (χ2n) is 5.08. The van der Waals surface area contributed by atoms with E-state index >= 15 is 0 Å². The lowest BCUT2D eigenvalue weighted by atomic mass is 10.0. The summed E-state index contributed by atoms with van der Waals surface area (Å²) in [6.07, 6.45) is -0.984. The van der Waals surface area contributed by atoms with Crippen LogP contribution in [-0.4, -0.2) is 17.8 Å². The molecule has 0 heterocycles. The molecule has 0 aliphatic heterocycles. The van der Waals surface area contributed by atoms with E-state index in [1.807, 2.05) is 69.3 Å². The van der Waals surface area contributed by atoms with E-state index in [4.69, 9.17) is 9.47 Å². The summed E-state index contributed by atoms with van der Waals surface area (Å²) >= 11 is 0. The Balaban J connectivity index is 1.99. The minimum Gasteiger partial charge on any atom is -0.494 e. The number of aliphatic hydroxyl groups excluding tert-OH is 1. The monoisotopic (exact) mass is 286 g/mol. The SMILES string of the molecule is CCOc1ccc(OC(C)C(O)c2ccc(C)cc2)cc1. The van der Waals surface area contributed by atoms with Gasteiger partial charge in [-0.05, 0) is 50.6 Å². The molecular weight excluding hydrogens is 264 g/mol. The highest BCUT2D eigenvalue weighted by Crippen LogP contribution is 2.24. The third-order valence-corrected chi connectivity index (χ3v) is 3.32. The lowest BCUT2D eigenvalue weighted by Crippen LogP contribution is -2.21. The molecule has 3 nitrogen and oxygen atoms in total. The Bertz CT molecular complexity index is 546. The van der Waals surface area contributed by atoms with Gasteiger partial charge in [-0.1, -0.05) is 29.8 Å². The van der Waals surface area contributed by atoms with E-state index < -0.39 is 6.10 Å². The van der Waals surface area contributed by atoms with E-state index in [-0.39, 0.29) is 6.10 Å². The van der Waals surface area contributed by atoms with Crippen LogP contribution in [0.5, 0.6) is 11.5 Å². The molecule has 0 radical (unpaired) electrons. The molecule has 0 aliphatic rings. The van der Waals surface area contributed by atoms with Crippen LogP contribution in [0.25, 0.3) is 0 Å². The van der Waals surface area contributed by atoms with Crippen LogP contribution in [-0.2, 0) is 0 Å². The van der Waals surface area contributed by atoms with E-state index in [1.54, 1.807) is 0 Å². The average Bonchev–Trinajstić information content (AvgIpc) is 2.49. The number of aliphatic hydroxyl groups is 1. The molecule has 0 bridgehead atoms. The van der Waals surface area contributed by atoms with E-state index in [0.29, 0.717) is 6.61 Å². The van der Waals surface area contributed by atoms with Crippen molar-refractivity contribution >= 4 is 0 Å². The summed E-state index contributed by atoms with van der Waals surface area (Å²) in [7, 11) is 0. The molecule has 0 saturated heterocycles. The lowest BCUT2D eigenvalue weighted by Gasteiger charge is -2.21. The molecule has 2 aromatic carbocycles. The molecule has 0 aliphatic carbocycles. The smallest absolute Gasteiger partial charge is 0.126 e. The van der Waals surface area contributed by atoms with E-state index in [2.05, 4.69) is 0 Å². The number of ether oxygens (including phenoxy) is 2. The predicted octanol–water partition coefficient (Wildman–Crippen LogP) is 3.89. The Morgan fingerprint density at radius 1 is 0.952 bits per heavy atom. The first-order valence-electron chi connectivity index (χ1n) is 7.24. The molecule has 0 spiro atoms. The second-order valence-corrected chi connectivity index (χ2v) is 5.08. The highest BCUT2D eigenvalue weighted by atomic mass is 16.5. The standard InChI is InChI=1S/C18H22O3/c1-4-20-16-9-11-17(12-10-16)21-14(3)18(19)15-7-5-13(2)6-8-15/h5-12,14,18-19H,4H2,1-3H3. The molecule has 0 amide bonds. The van der Waals surface area contributed by atoms with Gasteiger partial charge in [0.2, 0.25) is 0 Å². The van der Waals surface area contributed by atoms with Gasteiger partial charge < -0.3 is 14.6 Å². The summed E-state index contributed by atoms with van der Waals surface area (Å²) in [5.74, 6) is 1.54. The van der Waals surface area contributed by atoms with E-state index in [9.17, 15) is 5.11 Å². The number of hydrogen-bond acceptors (Lipinski definition) is 3. The van der Waals surface area contributed by atoms with Crippen molar-refractivity contribution in [1.82, 2.24) is 0 Å². The molecule has 2 rings (SSSR count). The quantitative estimate of drug-likeness (QED) is 0.875. The largest absolute Gasteiger partial charge is 0.494 e. The van der Waals surface area contributed by atoms with Crippen molar-refractivity contribution in [3.63, 3.8) is 0 Å². The van der Waals surface area contributed by atoms with Crippen molar-refractivity contribution in [3.05, 3.63) is 59.7 Å². The average molecular weight is 286 g/mol. The van der Waals surface area contributed by atoms with Crippen molar-refractivity contribution in [1.29, 1.82) is 0 Å². The first kappa shape index (κ1) is 15.4. The molecule has 1 N–H and O–H groups in total. The third-order valence-electron chi connectivity index (χ3n) is 3.32. The molecule has 21 heavy (non-hydrogen) atoms. The molecule has 0 aromatic heterocycles. The molecule has 3 heteroatoms. The minimum atomic E-state index is -0.655. The summed E-state index contributed by atoms with van der Waals surface area (Å²) < 4.78 is 11.2. The summed E-state index contributed by atoms with van der Waals surface area (Å²) in [5, 5.41) is 10.3. The van der Waals surface area contributed by atoms with Gasteiger partial charge in [0.1, 0.15) is 23.7 Å². The normalized spacial score (nSPS) is 13.5. The third kappa shape index (κ3) is 4.23. The Hall–Kier alpha value is -2.00. The molecule has 0 saturated carbocycles. The predicted molar refractivity (Wildman–Crippen MR) is 83.8 cm³/mol. The molecule has 2 atom stereocenters. The summed E-state index contributed by atoms with van der Waals surface area (Å²) in [5.41, 5.74) is 2.03. The van der Waals surface area contributed by atoms with E-state index in [1.165, 1.54) is 5.56 Å². The van der Waals surface area contributed by atoms with Crippen LogP contribution < -0.4 is 9.47 Å². The zero-order valence-electron chi connectivity index (χ0n) is 12.7. The molecule has 2 aromatic rings. The van der Waals surface area contributed by atoms with Crippen LogP contribution in [0.4, 0.5) is 0 Å². The van der Waals surface area contributed by atoms with Crippen LogP contribution >= 0.6 is 0 Å². The van der Waals surface area contributed by atoms with E-state index in [0.717, 1.165) is 17.1 Å². The van der Waals surface area contributed by atoms with Crippen molar-refractivity contribution < 1.29 is 14.6 Å². The van der Waals surface area contributed by atoms with Gasteiger partial charge in [0.05, 0.1) is 6.61 Å². The number of aryl methyl sites for hydroxylation is 1. The van der Waals surface area contributed by atoms with Crippen LogP contribution in [0.3, 0.4) is 0 Å². The van der Waals surface area contributed by atoms with Crippen LogP contribution in [0.15, 0.2) is 48.5 Å². The van der Waals surface area contributed by atoms with Gasteiger partial charge in [0.15, 0.2) is 0 Å². The van der Waals surface area contributed by atoms with Gasteiger partial charge in [0.25, 0.3) is 0 Å². The van der Waals surface area contributed by atoms with Crippen molar-refractivity contribution in [2.75, 3.05) is 6.61 Å². The fraction of sp³-hybridized carbons (Fsp3) is 0.333. The summed E-state index contributed by atoms with van der Waals surface area (Å²) in [6.45, 7) is 6.48. The first-order chi connectivity index (χ1) is 10.1. The second kappa shape index (κ2) is 7.14. The van der Waals surface area contributed by atoms with Crippen LogP contribution in [0, 0.1) is 6.92 Å². The first-order valence-corrected chi connectivity index (χ1v) is 7.24. The van der Waals surface area contributed by atoms with Gasteiger partial charge in [-0.15, -0.1) is 0 Å². The van der Waals surface area contributed by atoms with Gasteiger partial charge in [-0.25, -0.2) is 0 Å². The molecule has 0 fully saturated rings. The zero-order chi connectivity index (χ0) is 15.2. The topological polar surface area (TPSA) is 38.7 Å². The van der Waals surface area contributed by atoms with Gasteiger partial charge in [-0.3, -0.25) is 0 Å². The Kier molecular flexibility index (Phi) is 5.23. The zero-order valence-corrected chi connectivity index (χ0v) is 12.7. The molecular formula is C18H22O3. The van der Waals surface area contributed by atoms with Crippen molar-refractivity contribution in [2.45, 2.75) is 33.0 Å². The lowest BCUT2D eigenvalue weighted by molar-refractivity contribution is 0.0467. The fourth-order valence-corrected chi connectivity index (χ4v) is 2.09. The molecule has 2 unspecified atom stereocenters. The molecule has 112 valence electrons. The number of benzene rings is 2. The van der Waals surface area contributed by atoms with Gasteiger partial charge in [0, 0.05) is 0 Å². The summed E-state index contributed by atoms with van der Waals surface area (Å²) in [4.78, 5) is 0. The maximum Gasteiger partial charge on any atom is 0.126 e. The van der Waals surface area contributed by atoms with Crippen molar-refractivity contribution in [2.24, 2.45) is 0 Å². The number of hydrogen-bond donors (Lipinski definition) is 1. The van der Waals surface area contributed by atoms with Gasteiger partial charge in [-0.2, -0.15) is 0 Å². The Labute approximate surface area is 126 Å². The highest BCUT2D eigenvalue weighted by molar-refractivity contribution is 5.31. The highest BCUT2D eigenvalue weighted by Gasteiger charge is 2.17. The van der Waals surface area contributed by atoms with Crippen molar-refractivity contribution in [3.8, 4) is 11.5 Å². The minimum absolute atomic E-state index is 0.328. The van der Waals surface area contributed by atoms with Crippen LogP contribution in [0.2, 0.25) is 0 Å². The summed E-state index contributed by atoms with van der Waals surface area (Å²) in [6, 6.07) is 15.3. The Morgan fingerprint density at radius 3 is 2.10 bits per heavy atom. The maximum absolute atomic E-state index is 10.3. The number of rotatable bonds is 6. The van der Waals surface area contributed by atoms with Crippen LogP contribution in [0.1, 0.15) is 31.1 Å². The Morgan fingerprint density at radius 2 is 1.52 bits per heavy atom.